The molecular formula is C24H32N4O. The van der Waals surface area contributed by atoms with Crippen molar-refractivity contribution in [3.8, 4) is 0 Å². The number of carbonyl (C=O) groups excluding carboxylic acids is 1. The van der Waals surface area contributed by atoms with Gasteiger partial charge in [-0.1, -0.05) is 48.5 Å². The molecule has 2 aromatic carbocycles. The second-order valence-corrected chi connectivity index (χ2v) is 7.69. The van der Waals surface area contributed by atoms with Crippen LogP contribution in [0.2, 0.25) is 0 Å². The van der Waals surface area contributed by atoms with Gasteiger partial charge in [0, 0.05) is 46.7 Å². The summed E-state index contributed by atoms with van der Waals surface area (Å²) < 4.78 is 0. The van der Waals surface area contributed by atoms with E-state index in [4.69, 9.17) is 0 Å². The number of nitrogens with one attached hydrogen (secondary N) is 1. The molecule has 0 saturated heterocycles. The second kappa shape index (κ2) is 10.1. The third-order valence-electron chi connectivity index (χ3n) is 5.58. The highest BCUT2D eigenvalue weighted by Gasteiger charge is 2.19. The summed E-state index contributed by atoms with van der Waals surface area (Å²) >= 11 is 0. The molecule has 0 unspecified atom stereocenters. The molecule has 1 aliphatic rings. The van der Waals surface area contributed by atoms with E-state index in [2.05, 4.69) is 70.7 Å². The fourth-order valence-corrected chi connectivity index (χ4v) is 3.81. The summed E-state index contributed by atoms with van der Waals surface area (Å²) in [6.07, 6.45) is 2.32. The van der Waals surface area contributed by atoms with Gasteiger partial charge in [-0.05, 0) is 42.0 Å². The summed E-state index contributed by atoms with van der Waals surface area (Å²) in [6.45, 7) is 5.23. The van der Waals surface area contributed by atoms with Crippen LogP contribution in [0, 0.1) is 6.92 Å². The number of fused-ring (bicyclic) bond motifs is 1. The van der Waals surface area contributed by atoms with Crippen molar-refractivity contribution in [1.29, 1.82) is 0 Å². The van der Waals surface area contributed by atoms with Crippen molar-refractivity contribution < 1.29 is 4.79 Å². The Morgan fingerprint density at radius 3 is 2.62 bits per heavy atom. The Morgan fingerprint density at radius 2 is 1.86 bits per heavy atom. The van der Waals surface area contributed by atoms with E-state index in [1.54, 1.807) is 7.05 Å². The SMILES string of the molecule is CN=C(NCCCC(=O)N1CCc2ccccc2C1)N(C)Cc1ccccc1C. The predicted molar refractivity (Wildman–Crippen MR) is 119 cm³/mol. The summed E-state index contributed by atoms with van der Waals surface area (Å²) in [5.74, 6) is 1.09. The van der Waals surface area contributed by atoms with Crippen LogP contribution in [0.3, 0.4) is 0 Å². The molecule has 5 heteroatoms. The quantitative estimate of drug-likeness (QED) is 0.466. The number of hydrogen-bond acceptors (Lipinski definition) is 2. The zero-order chi connectivity index (χ0) is 20.6. The fourth-order valence-electron chi connectivity index (χ4n) is 3.81. The zero-order valence-electron chi connectivity index (χ0n) is 17.8. The van der Waals surface area contributed by atoms with Crippen LogP contribution in [0.4, 0.5) is 0 Å². The van der Waals surface area contributed by atoms with Gasteiger partial charge in [0.05, 0.1) is 0 Å². The fraction of sp³-hybridized carbons (Fsp3) is 0.417. The molecule has 2 aromatic rings. The first-order valence-corrected chi connectivity index (χ1v) is 10.4. The van der Waals surface area contributed by atoms with Crippen molar-refractivity contribution in [1.82, 2.24) is 15.1 Å². The summed E-state index contributed by atoms with van der Waals surface area (Å²) in [5.41, 5.74) is 5.23. The minimum Gasteiger partial charge on any atom is -0.356 e. The van der Waals surface area contributed by atoms with Crippen molar-refractivity contribution in [2.75, 3.05) is 27.2 Å². The van der Waals surface area contributed by atoms with Crippen LogP contribution in [-0.2, 0) is 24.3 Å². The van der Waals surface area contributed by atoms with Crippen LogP contribution in [0.5, 0.6) is 0 Å². The molecule has 1 aliphatic heterocycles. The van der Waals surface area contributed by atoms with Gasteiger partial charge in [-0.15, -0.1) is 0 Å². The summed E-state index contributed by atoms with van der Waals surface area (Å²) in [5, 5.41) is 3.39. The number of guanidine groups is 1. The minimum atomic E-state index is 0.240. The predicted octanol–water partition coefficient (Wildman–Crippen LogP) is 3.37. The van der Waals surface area contributed by atoms with Crippen molar-refractivity contribution in [3.05, 3.63) is 70.8 Å². The molecule has 3 rings (SSSR count). The molecule has 29 heavy (non-hydrogen) atoms. The Balaban J connectivity index is 1.42. The molecule has 1 heterocycles. The lowest BCUT2D eigenvalue weighted by molar-refractivity contribution is -0.132. The van der Waals surface area contributed by atoms with Gasteiger partial charge in [0.2, 0.25) is 5.91 Å². The van der Waals surface area contributed by atoms with E-state index in [0.717, 1.165) is 45.0 Å². The van der Waals surface area contributed by atoms with E-state index in [-0.39, 0.29) is 5.91 Å². The normalized spacial score (nSPS) is 13.8. The van der Waals surface area contributed by atoms with Gasteiger partial charge in [0.1, 0.15) is 0 Å². The van der Waals surface area contributed by atoms with Crippen molar-refractivity contribution in [2.45, 2.75) is 39.3 Å². The van der Waals surface area contributed by atoms with Crippen LogP contribution in [0.15, 0.2) is 53.5 Å². The Morgan fingerprint density at radius 1 is 1.14 bits per heavy atom. The summed E-state index contributed by atoms with van der Waals surface area (Å²) in [7, 11) is 3.84. The molecule has 0 spiro atoms. The van der Waals surface area contributed by atoms with Crippen molar-refractivity contribution >= 4 is 11.9 Å². The molecule has 0 aliphatic carbocycles. The highest BCUT2D eigenvalue weighted by atomic mass is 16.2. The van der Waals surface area contributed by atoms with Gasteiger partial charge >= 0.3 is 0 Å². The van der Waals surface area contributed by atoms with Crippen LogP contribution in [-0.4, -0.2) is 48.9 Å². The molecule has 1 amide bonds. The third-order valence-corrected chi connectivity index (χ3v) is 5.58. The van der Waals surface area contributed by atoms with E-state index in [1.165, 1.54) is 22.3 Å². The maximum absolute atomic E-state index is 12.6. The van der Waals surface area contributed by atoms with Crippen LogP contribution in [0.25, 0.3) is 0 Å². The highest BCUT2D eigenvalue weighted by molar-refractivity contribution is 5.80. The Bertz CT molecular complexity index is 861. The summed E-state index contributed by atoms with van der Waals surface area (Å²) in [4.78, 5) is 21.1. The van der Waals surface area contributed by atoms with Crippen molar-refractivity contribution in [3.63, 3.8) is 0 Å². The van der Waals surface area contributed by atoms with Gasteiger partial charge in [0.25, 0.3) is 0 Å². The van der Waals surface area contributed by atoms with E-state index in [0.29, 0.717) is 6.42 Å². The first kappa shape index (κ1) is 20.9. The number of benzene rings is 2. The van der Waals surface area contributed by atoms with E-state index >= 15 is 0 Å². The Labute approximate surface area is 174 Å². The Kier molecular flexibility index (Phi) is 7.28. The molecule has 154 valence electrons. The molecule has 0 atom stereocenters. The number of aliphatic imine (C=N–C) groups is 1. The number of hydrogen-bond donors (Lipinski definition) is 1. The van der Waals surface area contributed by atoms with Crippen LogP contribution in [0.1, 0.15) is 35.1 Å². The molecule has 0 saturated carbocycles. The molecule has 0 radical (unpaired) electrons. The lowest BCUT2D eigenvalue weighted by atomic mass is 9.99. The zero-order valence-corrected chi connectivity index (χ0v) is 17.8. The van der Waals surface area contributed by atoms with E-state index in [9.17, 15) is 4.79 Å². The van der Waals surface area contributed by atoms with Crippen LogP contribution < -0.4 is 5.32 Å². The highest BCUT2D eigenvalue weighted by Crippen LogP contribution is 2.19. The van der Waals surface area contributed by atoms with Crippen molar-refractivity contribution in [2.24, 2.45) is 4.99 Å². The lowest BCUT2D eigenvalue weighted by Gasteiger charge is -2.29. The van der Waals surface area contributed by atoms with Gasteiger partial charge in [-0.3, -0.25) is 9.79 Å². The number of nitrogens with zero attached hydrogens (tertiary/aromatic N) is 3. The average molecular weight is 393 g/mol. The molecular weight excluding hydrogens is 360 g/mol. The first-order valence-electron chi connectivity index (χ1n) is 10.4. The van der Waals surface area contributed by atoms with Gasteiger partial charge in [-0.2, -0.15) is 0 Å². The monoisotopic (exact) mass is 392 g/mol. The van der Waals surface area contributed by atoms with Gasteiger partial charge in [-0.25, -0.2) is 0 Å². The maximum atomic E-state index is 12.6. The molecule has 0 aromatic heterocycles. The lowest BCUT2D eigenvalue weighted by Crippen LogP contribution is -2.40. The third kappa shape index (κ3) is 5.59. The number of amides is 1. The standard InChI is InChI=1S/C24H32N4O/c1-19-9-4-5-11-21(19)17-27(3)24(25-2)26-15-8-13-23(29)28-16-14-20-10-6-7-12-22(20)18-28/h4-7,9-12H,8,13-18H2,1-3H3,(H,25,26). The second-order valence-electron chi connectivity index (χ2n) is 7.69. The number of carbonyl (C=O) groups is 1. The smallest absolute Gasteiger partial charge is 0.222 e. The molecule has 1 N–H and O–H groups in total. The van der Waals surface area contributed by atoms with E-state index < -0.39 is 0 Å². The number of aryl methyl sites for hydroxylation is 1. The van der Waals surface area contributed by atoms with Gasteiger partial charge in [0.15, 0.2) is 5.96 Å². The summed E-state index contributed by atoms with van der Waals surface area (Å²) in [6, 6.07) is 16.8. The Hall–Kier alpha value is -2.82. The molecule has 5 nitrogen and oxygen atoms in total. The maximum Gasteiger partial charge on any atom is 0.222 e. The van der Waals surface area contributed by atoms with E-state index in [1.807, 2.05) is 11.9 Å². The topological polar surface area (TPSA) is 47.9 Å². The molecule has 0 fully saturated rings. The number of rotatable bonds is 6. The minimum absolute atomic E-state index is 0.240. The largest absolute Gasteiger partial charge is 0.356 e. The first-order chi connectivity index (χ1) is 14.1. The van der Waals surface area contributed by atoms with Crippen LogP contribution >= 0.6 is 0 Å². The van der Waals surface area contributed by atoms with Gasteiger partial charge < -0.3 is 15.1 Å². The molecule has 0 bridgehead atoms. The average Bonchev–Trinajstić information content (AvgIpc) is 2.74.